The lowest BCUT2D eigenvalue weighted by Gasteiger charge is -2.23. The van der Waals surface area contributed by atoms with Crippen molar-refractivity contribution in [2.24, 2.45) is 5.73 Å². The summed E-state index contributed by atoms with van der Waals surface area (Å²) in [6.45, 7) is 0.290. The number of halogens is 3. The molecule has 1 unspecified atom stereocenters. The molecule has 1 aliphatic heterocycles. The Morgan fingerprint density at radius 2 is 2.00 bits per heavy atom. The predicted octanol–water partition coefficient (Wildman–Crippen LogP) is 1.89. The minimum atomic E-state index is -1.50. The molecule has 0 radical (unpaired) electrons. The third-order valence-corrected chi connectivity index (χ3v) is 2.22. The van der Waals surface area contributed by atoms with Gasteiger partial charge in [0.2, 0.25) is 0 Å². The molecule has 2 nitrogen and oxygen atoms in total. The molecule has 1 aromatic carbocycles. The summed E-state index contributed by atoms with van der Waals surface area (Å²) < 4.78 is 43.8. The van der Waals surface area contributed by atoms with Gasteiger partial charge in [-0.1, -0.05) is 0 Å². The summed E-state index contributed by atoms with van der Waals surface area (Å²) in [5, 5.41) is 0. The molecule has 14 heavy (non-hydrogen) atoms. The summed E-state index contributed by atoms with van der Waals surface area (Å²) >= 11 is 0. The van der Waals surface area contributed by atoms with Crippen LogP contribution < -0.4 is 10.5 Å². The largest absolute Gasteiger partial charge is 0.493 e. The number of hydrogen-bond donors (Lipinski definition) is 1. The van der Waals surface area contributed by atoms with E-state index in [1.807, 2.05) is 0 Å². The molecule has 1 aliphatic rings. The lowest BCUT2D eigenvalue weighted by atomic mass is 10.0. The van der Waals surface area contributed by atoms with Gasteiger partial charge in [-0.25, -0.2) is 13.2 Å². The molecule has 0 aromatic heterocycles. The molecular formula is C9H8F3NO. The van der Waals surface area contributed by atoms with Crippen molar-refractivity contribution >= 4 is 0 Å². The SMILES string of the molecule is NC1CCOc2cc(F)c(F)c(F)c21. The average molecular weight is 203 g/mol. The van der Waals surface area contributed by atoms with Crippen LogP contribution in [0, 0.1) is 17.5 Å². The van der Waals surface area contributed by atoms with Crippen molar-refractivity contribution in [2.75, 3.05) is 6.61 Å². The number of benzene rings is 1. The maximum absolute atomic E-state index is 13.2. The van der Waals surface area contributed by atoms with Gasteiger partial charge in [-0.3, -0.25) is 0 Å². The Morgan fingerprint density at radius 3 is 2.71 bits per heavy atom. The predicted molar refractivity (Wildman–Crippen MR) is 43.4 cm³/mol. The zero-order chi connectivity index (χ0) is 10.3. The van der Waals surface area contributed by atoms with Gasteiger partial charge in [0.05, 0.1) is 6.61 Å². The second-order valence-electron chi connectivity index (χ2n) is 3.14. The first-order chi connectivity index (χ1) is 6.61. The van der Waals surface area contributed by atoms with E-state index in [0.717, 1.165) is 6.07 Å². The van der Waals surface area contributed by atoms with Gasteiger partial charge >= 0.3 is 0 Å². The van der Waals surface area contributed by atoms with Crippen LogP contribution in [0.15, 0.2) is 6.07 Å². The molecule has 0 bridgehead atoms. The van der Waals surface area contributed by atoms with Gasteiger partial charge < -0.3 is 10.5 Å². The van der Waals surface area contributed by atoms with Crippen LogP contribution in [0.4, 0.5) is 13.2 Å². The standard InChI is InChI=1S/C9H8F3NO/c10-4-3-6-7(9(12)8(4)11)5(13)1-2-14-6/h3,5H,1-2,13H2. The maximum atomic E-state index is 13.2. The molecule has 0 amide bonds. The lowest BCUT2D eigenvalue weighted by molar-refractivity contribution is 0.257. The average Bonchev–Trinajstić information content (AvgIpc) is 2.14. The van der Waals surface area contributed by atoms with Crippen LogP contribution in [0.25, 0.3) is 0 Å². The normalized spacial score (nSPS) is 20.1. The Kier molecular flexibility index (Phi) is 2.11. The van der Waals surface area contributed by atoms with Gasteiger partial charge in [-0.05, 0) is 0 Å². The van der Waals surface area contributed by atoms with Crippen molar-refractivity contribution in [3.05, 3.63) is 29.1 Å². The van der Waals surface area contributed by atoms with Gasteiger partial charge in [0.25, 0.3) is 0 Å². The third-order valence-electron chi connectivity index (χ3n) is 2.22. The van der Waals surface area contributed by atoms with Gasteiger partial charge in [-0.15, -0.1) is 0 Å². The molecule has 76 valence electrons. The first-order valence-electron chi connectivity index (χ1n) is 4.17. The van der Waals surface area contributed by atoms with Gasteiger partial charge in [0.15, 0.2) is 17.5 Å². The second-order valence-corrected chi connectivity index (χ2v) is 3.14. The Balaban J connectivity index is 2.64. The van der Waals surface area contributed by atoms with Crippen molar-refractivity contribution in [1.29, 1.82) is 0 Å². The summed E-state index contributed by atoms with van der Waals surface area (Å²) in [6.07, 6.45) is 0.398. The number of nitrogens with two attached hydrogens (primary N) is 1. The molecular weight excluding hydrogens is 195 g/mol. The molecule has 1 aromatic rings. The first kappa shape index (κ1) is 9.33. The first-order valence-corrected chi connectivity index (χ1v) is 4.17. The number of ether oxygens (including phenoxy) is 1. The van der Waals surface area contributed by atoms with Gasteiger partial charge in [0, 0.05) is 24.1 Å². The van der Waals surface area contributed by atoms with E-state index in [4.69, 9.17) is 10.5 Å². The van der Waals surface area contributed by atoms with E-state index < -0.39 is 23.5 Å². The Bertz CT molecular complexity index is 381. The molecule has 2 N–H and O–H groups in total. The Hall–Kier alpha value is -1.23. The van der Waals surface area contributed by atoms with Crippen molar-refractivity contribution < 1.29 is 17.9 Å². The highest BCUT2D eigenvalue weighted by Crippen LogP contribution is 2.34. The topological polar surface area (TPSA) is 35.2 Å². The third kappa shape index (κ3) is 1.24. The molecule has 0 saturated carbocycles. The van der Waals surface area contributed by atoms with E-state index >= 15 is 0 Å². The van der Waals surface area contributed by atoms with E-state index in [-0.39, 0.29) is 11.3 Å². The summed E-state index contributed by atoms with van der Waals surface area (Å²) in [6, 6.07) is 0.195. The maximum Gasteiger partial charge on any atom is 0.195 e. The molecule has 0 saturated heterocycles. The summed E-state index contributed by atoms with van der Waals surface area (Å²) in [5.41, 5.74) is 5.48. The number of fused-ring (bicyclic) bond motifs is 1. The van der Waals surface area contributed by atoms with E-state index in [1.165, 1.54) is 0 Å². The number of rotatable bonds is 0. The monoisotopic (exact) mass is 203 g/mol. The summed E-state index contributed by atoms with van der Waals surface area (Å²) in [5.74, 6) is -3.99. The smallest absolute Gasteiger partial charge is 0.195 e. The lowest BCUT2D eigenvalue weighted by Crippen LogP contribution is -2.23. The highest BCUT2D eigenvalue weighted by atomic mass is 19.2. The highest BCUT2D eigenvalue weighted by Gasteiger charge is 2.26. The Morgan fingerprint density at radius 1 is 1.29 bits per heavy atom. The van der Waals surface area contributed by atoms with Crippen molar-refractivity contribution in [2.45, 2.75) is 12.5 Å². The molecule has 0 aliphatic carbocycles. The Labute approximate surface area is 78.5 Å². The zero-order valence-corrected chi connectivity index (χ0v) is 7.19. The number of hydrogen-bond acceptors (Lipinski definition) is 2. The van der Waals surface area contributed by atoms with Crippen LogP contribution in [-0.4, -0.2) is 6.61 Å². The summed E-state index contributed by atoms with van der Waals surface area (Å²) in [4.78, 5) is 0. The van der Waals surface area contributed by atoms with Crippen LogP contribution in [0.5, 0.6) is 5.75 Å². The molecule has 0 spiro atoms. The minimum absolute atomic E-state index is 0.000139. The van der Waals surface area contributed by atoms with Crippen molar-refractivity contribution in [1.82, 2.24) is 0 Å². The van der Waals surface area contributed by atoms with Crippen LogP contribution >= 0.6 is 0 Å². The summed E-state index contributed by atoms with van der Waals surface area (Å²) in [7, 11) is 0. The quantitative estimate of drug-likeness (QED) is 0.653. The fraction of sp³-hybridized carbons (Fsp3) is 0.333. The fourth-order valence-electron chi connectivity index (χ4n) is 1.49. The highest BCUT2D eigenvalue weighted by molar-refractivity contribution is 5.39. The van der Waals surface area contributed by atoms with E-state index in [2.05, 4.69) is 0 Å². The van der Waals surface area contributed by atoms with Gasteiger partial charge in [0.1, 0.15) is 5.75 Å². The molecule has 1 atom stereocenters. The van der Waals surface area contributed by atoms with Gasteiger partial charge in [-0.2, -0.15) is 0 Å². The zero-order valence-electron chi connectivity index (χ0n) is 7.19. The molecule has 0 fully saturated rings. The molecule has 5 heteroatoms. The van der Waals surface area contributed by atoms with E-state index in [0.29, 0.717) is 13.0 Å². The fourth-order valence-corrected chi connectivity index (χ4v) is 1.49. The van der Waals surface area contributed by atoms with Crippen molar-refractivity contribution in [3.8, 4) is 5.75 Å². The van der Waals surface area contributed by atoms with Crippen LogP contribution in [0.2, 0.25) is 0 Å². The van der Waals surface area contributed by atoms with E-state index in [1.54, 1.807) is 0 Å². The van der Waals surface area contributed by atoms with E-state index in [9.17, 15) is 13.2 Å². The second kappa shape index (κ2) is 3.16. The van der Waals surface area contributed by atoms with Crippen LogP contribution in [0.1, 0.15) is 18.0 Å². The molecule has 1 heterocycles. The van der Waals surface area contributed by atoms with Crippen molar-refractivity contribution in [3.63, 3.8) is 0 Å². The van der Waals surface area contributed by atoms with Crippen LogP contribution in [-0.2, 0) is 0 Å². The minimum Gasteiger partial charge on any atom is -0.493 e. The molecule has 2 rings (SSSR count). The van der Waals surface area contributed by atoms with Crippen LogP contribution in [0.3, 0.4) is 0 Å².